The summed E-state index contributed by atoms with van der Waals surface area (Å²) in [5, 5.41) is 9.11. The van der Waals surface area contributed by atoms with Crippen LogP contribution in [-0.4, -0.2) is 16.1 Å². The van der Waals surface area contributed by atoms with Gasteiger partial charge in [0, 0.05) is 0 Å². The lowest BCUT2D eigenvalue weighted by Crippen LogP contribution is -1.99. The van der Waals surface area contributed by atoms with Gasteiger partial charge in [-0.25, -0.2) is 4.98 Å². The molecule has 0 bridgehead atoms. The van der Waals surface area contributed by atoms with Crippen molar-refractivity contribution in [3.8, 4) is 0 Å². The van der Waals surface area contributed by atoms with E-state index in [4.69, 9.17) is 10.8 Å². The summed E-state index contributed by atoms with van der Waals surface area (Å²) in [7, 11) is 0. The molecule has 0 saturated heterocycles. The molecule has 0 fully saturated rings. The fraction of sp³-hybridized carbons (Fsp3) is 0.111. The topological polar surface area (TPSA) is 76.2 Å². The van der Waals surface area contributed by atoms with E-state index in [0.717, 1.165) is 15.8 Å². The third-order valence-electron chi connectivity index (χ3n) is 1.82. The SMILES string of the molecule is Nc1nc2cc(CC(=O)O)ccc2s1. The third-order valence-corrected chi connectivity index (χ3v) is 2.69. The highest BCUT2D eigenvalue weighted by Gasteiger charge is 2.04. The number of benzene rings is 1. The summed E-state index contributed by atoms with van der Waals surface area (Å²) in [5.74, 6) is -0.840. The summed E-state index contributed by atoms with van der Waals surface area (Å²) >= 11 is 1.40. The Morgan fingerprint density at radius 3 is 3.07 bits per heavy atom. The summed E-state index contributed by atoms with van der Waals surface area (Å²) in [6.45, 7) is 0. The van der Waals surface area contributed by atoms with Crippen molar-refractivity contribution in [3.63, 3.8) is 0 Å². The highest BCUT2D eigenvalue weighted by molar-refractivity contribution is 7.22. The Morgan fingerprint density at radius 1 is 1.57 bits per heavy atom. The Balaban J connectivity index is 2.45. The minimum Gasteiger partial charge on any atom is -0.481 e. The quantitative estimate of drug-likeness (QED) is 0.784. The van der Waals surface area contributed by atoms with Crippen LogP contribution in [0.4, 0.5) is 5.13 Å². The molecule has 0 unspecified atom stereocenters. The van der Waals surface area contributed by atoms with E-state index in [1.165, 1.54) is 11.3 Å². The summed E-state index contributed by atoms with van der Waals surface area (Å²) < 4.78 is 0.983. The van der Waals surface area contributed by atoms with Crippen molar-refractivity contribution >= 4 is 32.7 Å². The number of carboxylic acids is 1. The van der Waals surface area contributed by atoms with Crippen LogP contribution in [0.2, 0.25) is 0 Å². The van der Waals surface area contributed by atoms with Gasteiger partial charge in [0.25, 0.3) is 0 Å². The van der Waals surface area contributed by atoms with Gasteiger partial charge in [0.15, 0.2) is 5.13 Å². The van der Waals surface area contributed by atoms with Gasteiger partial charge in [0.05, 0.1) is 16.6 Å². The second-order valence-corrected chi connectivity index (χ2v) is 3.99. The molecule has 14 heavy (non-hydrogen) atoms. The minimum atomic E-state index is -0.840. The maximum absolute atomic E-state index is 10.5. The molecule has 5 heteroatoms. The number of nitrogens with zero attached hydrogens (tertiary/aromatic N) is 1. The maximum atomic E-state index is 10.5. The lowest BCUT2D eigenvalue weighted by Gasteiger charge is -1.95. The van der Waals surface area contributed by atoms with Crippen molar-refractivity contribution < 1.29 is 9.90 Å². The number of aliphatic carboxylic acids is 1. The van der Waals surface area contributed by atoms with Crippen LogP contribution in [0.15, 0.2) is 18.2 Å². The highest BCUT2D eigenvalue weighted by atomic mass is 32.1. The van der Waals surface area contributed by atoms with Crippen LogP contribution in [0, 0.1) is 0 Å². The normalized spacial score (nSPS) is 10.6. The number of nitrogens with two attached hydrogens (primary N) is 1. The standard InChI is InChI=1S/C9H8N2O2S/c10-9-11-6-3-5(4-8(12)13)1-2-7(6)14-9/h1-3H,4H2,(H2,10,11)(H,12,13). The lowest BCUT2D eigenvalue weighted by molar-refractivity contribution is -0.136. The first-order valence-electron chi connectivity index (χ1n) is 4.02. The number of hydrogen-bond acceptors (Lipinski definition) is 4. The Labute approximate surface area is 84.0 Å². The summed E-state index contributed by atoms with van der Waals surface area (Å²) in [6, 6.07) is 5.39. The highest BCUT2D eigenvalue weighted by Crippen LogP contribution is 2.24. The van der Waals surface area contributed by atoms with Crippen molar-refractivity contribution in [1.29, 1.82) is 0 Å². The van der Waals surface area contributed by atoms with E-state index < -0.39 is 5.97 Å². The lowest BCUT2D eigenvalue weighted by atomic mass is 10.1. The molecule has 0 aliphatic carbocycles. The number of rotatable bonds is 2. The van der Waals surface area contributed by atoms with E-state index in [2.05, 4.69) is 4.98 Å². The number of aromatic nitrogens is 1. The fourth-order valence-corrected chi connectivity index (χ4v) is 1.99. The van der Waals surface area contributed by atoms with E-state index in [9.17, 15) is 4.79 Å². The van der Waals surface area contributed by atoms with Gasteiger partial charge in [-0.15, -0.1) is 0 Å². The van der Waals surface area contributed by atoms with Crippen molar-refractivity contribution in [2.45, 2.75) is 6.42 Å². The molecule has 0 spiro atoms. The van der Waals surface area contributed by atoms with Crippen molar-refractivity contribution in [2.24, 2.45) is 0 Å². The fourth-order valence-electron chi connectivity index (χ4n) is 1.28. The summed E-state index contributed by atoms with van der Waals surface area (Å²) in [6.07, 6.45) is 0.0212. The van der Waals surface area contributed by atoms with Crippen LogP contribution in [0.1, 0.15) is 5.56 Å². The largest absolute Gasteiger partial charge is 0.481 e. The Morgan fingerprint density at radius 2 is 2.36 bits per heavy atom. The molecular weight excluding hydrogens is 200 g/mol. The first kappa shape index (κ1) is 8.96. The zero-order chi connectivity index (χ0) is 10.1. The average Bonchev–Trinajstić information content (AvgIpc) is 2.42. The van der Waals surface area contributed by atoms with Gasteiger partial charge in [-0.1, -0.05) is 17.4 Å². The van der Waals surface area contributed by atoms with Gasteiger partial charge in [0.1, 0.15) is 0 Å². The number of fused-ring (bicyclic) bond motifs is 1. The second-order valence-electron chi connectivity index (χ2n) is 2.92. The van der Waals surface area contributed by atoms with Crippen LogP contribution in [0.5, 0.6) is 0 Å². The van der Waals surface area contributed by atoms with E-state index in [-0.39, 0.29) is 6.42 Å². The molecule has 0 saturated carbocycles. The molecule has 3 N–H and O–H groups in total. The number of anilines is 1. The summed E-state index contributed by atoms with van der Waals surface area (Å²) in [4.78, 5) is 14.6. The third kappa shape index (κ3) is 1.67. The molecular formula is C9H8N2O2S. The van der Waals surface area contributed by atoms with Crippen LogP contribution in [-0.2, 0) is 11.2 Å². The molecule has 0 aliphatic rings. The Bertz CT molecular complexity index is 493. The van der Waals surface area contributed by atoms with Gasteiger partial charge in [-0.2, -0.15) is 0 Å². The molecule has 1 aromatic heterocycles. The molecule has 0 amide bonds. The van der Waals surface area contributed by atoms with Gasteiger partial charge in [-0.05, 0) is 17.7 Å². The van der Waals surface area contributed by atoms with Crippen LogP contribution in [0.3, 0.4) is 0 Å². The molecule has 0 atom stereocenters. The zero-order valence-corrected chi connectivity index (χ0v) is 8.04. The average molecular weight is 208 g/mol. The van der Waals surface area contributed by atoms with Gasteiger partial charge in [0.2, 0.25) is 0 Å². The minimum absolute atomic E-state index is 0.0212. The van der Waals surface area contributed by atoms with Crippen LogP contribution < -0.4 is 5.73 Å². The van der Waals surface area contributed by atoms with Crippen molar-refractivity contribution in [2.75, 3.05) is 5.73 Å². The van der Waals surface area contributed by atoms with E-state index in [1.807, 2.05) is 6.07 Å². The van der Waals surface area contributed by atoms with E-state index in [1.54, 1.807) is 12.1 Å². The molecule has 72 valence electrons. The van der Waals surface area contributed by atoms with E-state index in [0.29, 0.717) is 5.13 Å². The molecule has 1 aromatic carbocycles. The molecule has 1 heterocycles. The molecule has 2 rings (SSSR count). The van der Waals surface area contributed by atoms with Crippen molar-refractivity contribution in [3.05, 3.63) is 23.8 Å². The van der Waals surface area contributed by atoms with Gasteiger partial charge >= 0.3 is 5.97 Å². The number of thiazole rings is 1. The second kappa shape index (κ2) is 3.26. The number of carboxylic acid groups (broad SMARTS) is 1. The Kier molecular flexibility index (Phi) is 2.09. The smallest absolute Gasteiger partial charge is 0.307 e. The molecule has 0 radical (unpaired) electrons. The molecule has 2 aromatic rings. The molecule has 0 aliphatic heterocycles. The molecule has 4 nitrogen and oxygen atoms in total. The van der Waals surface area contributed by atoms with Crippen LogP contribution in [0.25, 0.3) is 10.2 Å². The van der Waals surface area contributed by atoms with Crippen molar-refractivity contribution in [1.82, 2.24) is 4.98 Å². The van der Waals surface area contributed by atoms with Gasteiger partial charge in [-0.3, -0.25) is 4.79 Å². The van der Waals surface area contributed by atoms with E-state index >= 15 is 0 Å². The first-order valence-corrected chi connectivity index (χ1v) is 4.83. The number of hydrogen-bond donors (Lipinski definition) is 2. The zero-order valence-electron chi connectivity index (χ0n) is 7.23. The van der Waals surface area contributed by atoms with Crippen LogP contribution >= 0.6 is 11.3 Å². The predicted octanol–water partition coefficient (Wildman–Crippen LogP) is 1.51. The number of carbonyl (C=O) groups is 1. The Hall–Kier alpha value is -1.62. The monoisotopic (exact) mass is 208 g/mol. The van der Waals surface area contributed by atoms with Gasteiger partial charge < -0.3 is 10.8 Å². The maximum Gasteiger partial charge on any atom is 0.307 e. The number of nitrogen functional groups attached to an aromatic ring is 1. The first-order chi connectivity index (χ1) is 6.65. The predicted molar refractivity (Wildman–Crippen MR) is 55.4 cm³/mol. The summed E-state index contributed by atoms with van der Waals surface area (Å²) in [5.41, 5.74) is 7.05.